The minimum absolute atomic E-state index is 0.0324. The number of carbonyl (C=O) groups excluding carboxylic acids is 1. The molecule has 0 aromatic heterocycles. The predicted molar refractivity (Wildman–Crippen MR) is 180 cm³/mol. The second kappa shape index (κ2) is 13.5. The van der Waals surface area contributed by atoms with Gasteiger partial charge < -0.3 is 19.2 Å². The lowest BCUT2D eigenvalue weighted by Gasteiger charge is -2.26. The molecule has 0 spiro atoms. The predicted octanol–water partition coefficient (Wildman–Crippen LogP) is 9.20. The maximum Gasteiger partial charge on any atom is 0.407 e. The highest BCUT2D eigenvalue weighted by molar-refractivity contribution is 7.80. The first-order chi connectivity index (χ1) is 20.6. The number of amides is 1. The molecule has 222 valence electrons. The molecule has 1 aliphatic carbocycles. The van der Waals surface area contributed by atoms with E-state index >= 15 is 0 Å². The normalized spacial score (nSPS) is 13.0. The zero-order chi connectivity index (χ0) is 30.6. The Labute approximate surface area is 269 Å². The molecule has 1 N–H and O–H groups in total. The van der Waals surface area contributed by atoms with Gasteiger partial charge in [-0.1, -0.05) is 89.9 Å². The number of rotatable bonds is 10. The number of hydrogen-bond acceptors (Lipinski definition) is 5. The number of benzene rings is 4. The summed E-state index contributed by atoms with van der Waals surface area (Å²) in [5.74, 6) is 0.636. The summed E-state index contributed by atoms with van der Waals surface area (Å²) in [6, 6.07) is 28.9. The van der Waals surface area contributed by atoms with Crippen molar-refractivity contribution in [1.29, 1.82) is 0 Å². The number of halogens is 2. The van der Waals surface area contributed by atoms with Crippen LogP contribution in [-0.2, 0) is 22.2 Å². The Morgan fingerprint density at radius 3 is 2.02 bits per heavy atom. The molecule has 5 rings (SSSR count). The van der Waals surface area contributed by atoms with Crippen molar-refractivity contribution in [3.05, 3.63) is 123 Å². The number of hydrogen-bond donors (Lipinski definition) is 1. The van der Waals surface area contributed by atoms with Crippen LogP contribution in [0.3, 0.4) is 0 Å². The van der Waals surface area contributed by atoms with Crippen molar-refractivity contribution in [3.63, 3.8) is 0 Å². The van der Waals surface area contributed by atoms with Gasteiger partial charge in [0.25, 0.3) is 0 Å². The van der Waals surface area contributed by atoms with Crippen LogP contribution in [0.2, 0.25) is 29.7 Å². The quantitative estimate of drug-likeness (QED) is 0.137. The van der Waals surface area contributed by atoms with Crippen molar-refractivity contribution in [1.82, 2.24) is 5.32 Å². The first kappa shape index (κ1) is 31.1. The number of fused-ring (bicyclic) bond motifs is 3. The highest BCUT2D eigenvalue weighted by Crippen LogP contribution is 2.44. The maximum absolute atomic E-state index is 13.1. The highest BCUT2D eigenvalue weighted by Gasteiger charge is 2.30. The Kier molecular flexibility index (Phi) is 9.77. The van der Waals surface area contributed by atoms with Crippen LogP contribution in [0.15, 0.2) is 91.0 Å². The van der Waals surface area contributed by atoms with Crippen LogP contribution in [0.25, 0.3) is 11.1 Å². The fourth-order valence-corrected chi connectivity index (χ4v) is 7.28. The second-order valence-electron chi connectivity index (χ2n) is 11.4. The minimum Gasteiger partial charge on any atom is -0.538 e. The first-order valence-electron chi connectivity index (χ1n) is 14.1. The van der Waals surface area contributed by atoms with E-state index in [9.17, 15) is 4.79 Å². The van der Waals surface area contributed by atoms with Crippen LogP contribution >= 0.6 is 35.4 Å². The Bertz CT molecular complexity index is 1560. The lowest BCUT2D eigenvalue weighted by Crippen LogP contribution is -2.46. The summed E-state index contributed by atoms with van der Waals surface area (Å²) < 4.78 is 17.9. The van der Waals surface area contributed by atoms with Crippen molar-refractivity contribution < 1.29 is 18.7 Å². The van der Waals surface area contributed by atoms with Crippen molar-refractivity contribution in [2.24, 2.45) is 0 Å². The van der Waals surface area contributed by atoms with E-state index in [1.165, 1.54) is 11.1 Å². The lowest BCUT2D eigenvalue weighted by molar-refractivity contribution is 0.141. The summed E-state index contributed by atoms with van der Waals surface area (Å²) in [5.41, 5.74) is 6.35. The van der Waals surface area contributed by atoms with Gasteiger partial charge in [-0.15, -0.1) is 0 Å². The Hall–Kier alpha value is -3.36. The van der Waals surface area contributed by atoms with E-state index in [0.29, 0.717) is 27.3 Å². The van der Waals surface area contributed by atoms with Crippen LogP contribution in [0.4, 0.5) is 4.79 Å². The summed E-state index contributed by atoms with van der Waals surface area (Å²) in [4.78, 5) is 13.1. The smallest absolute Gasteiger partial charge is 0.407 e. The third-order valence-electron chi connectivity index (χ3n) is 7.14. The number of alkyl carbamates (subject to hydrolysis) is 1. The van der Waals surface area contributed by atoms with Gasteiger partial charge in [0.2, 0.25) is 8.32 Å². The molecule has 43 heavy (non-hydrogen) atoms. The average molecular weight is 651 g/mol. The van der Waals surface area contributed by atoms with Gasteiger partial charge in [-0.05, 0) is 83.9 Å². The van der Waals surface area contributed by atoms with Crippen LogP contribution in [0, 0.1) is 0 Å². The zero-order valence-corrected chi connectivity index (χ0v) is 27.6. The summed E-state index contributed by atoms with van der Waals surface area (Å²) in [7, 11) is -2.01. The molecule has 1 aliphatic rings. The zero-order valence-electron chi connectivity index (χ0n) is 24.2. The second-order valence-corrected chi connectivity index (χ2v) is 17.0. The molecule has 5 nitrogen and oxygen atoms in total. The van der Waals surface area contributed by atoms with Gasteiger partial charge in [0, 0.05) is 27.9 Å². The molecule has 1 unspecified atom stereocenters. The average Bonchev–Trinajstić information content (AvgIpc) is 3.29. The number of carbonyl (C=O) groups is 1. The largest absolute Gasteiger partial charge is 0.538 e. The van der Waals surface area contributed by atoms with E-state index < -0.39 is 20.5 Å². The monoisotopic (exact) mass is 649 g/mol. The van der Waals surface area contributed by atoms with E-state index in [1.807, 2.05) is 48.5 Å². The van der Waals surface area contributed by atoms with Crippen LogP contribution in [-0.4, -0.2) is 32.1 Å². The van der Waals surface area contributed by atoms with Gasteiger partial charge in [-0.2, -0.15) is 0 Å². The molecular formula is C34H33Cl2NO4SSi. The maximum atomic E-state index is 13.1. The van der Waals surface area contributed by atoms with Gasteiger partial charge in [0.1, 0.15) is 25.0 Å². The van der Waals surface area contributed by atoms with Crippen LogP contribution < -0.4 is 10.1 Å². The van der Waals surface area contributed by atoms with E-state index in [2.05, 4.69) is 49.2 Å². The van der Waals surface area contributed by atoms with Gasteiger partial charge in [-0.3, -0.25) is 0 Å². The van der Waals surface area contributed by atoms with E-state index in [4.69, 9.17) is 49.3 Å². The number of nitrogens with one attached hydrogen (secondary N) is 1. The number of ether oxygens (including phenoxy) is 2. The van der Waals surface area contributed by atoms with E-state index in [1.54, 1.807) is 18.2 Å². The molecule has 1 atom stereocenters. The van der Waals surface area contributed by atoms with Crippen molar-refractivity contribution in [2.75, 3.05) is 6.61 Å². The van der Waals surface area contributed by atoms with Gasteiger partial charge in [0.15, 0.2) is 5.05 Å². The summed E-state index contributed by atoms with van der Waals surface area (Å²) >= 11 is 18.2. The first-order valence-corrected chi connectivity index (χ1v) is 18.7. The SMILES string of the molecule is C[Si](C)(C)OC(=S)C(Cc1ccc(OCc2c(Cl)cccc2Cl)cc1)NC(=O)OCC1c2ccccc2-c2ccccc21. The van der Waals surface area contributed by atoms with Gasteiger partial charge in [-0.25, -0.2) is 4.79 Å². The fraction of sp³-hybridized carbons (Fsp3) is 0.235. The van der Waals surface area contributed by atoms with E-state index in [0.717, 1.165) is 22.3 Å². The molecule has 0 saturated carbocycles. The third kappa shape index (κ3) is 7.78. The van der Waals surface area contributed by atoms with Crippen molar-refractivity contribution in [3.8, 4) is 16.9 Å². The molecule has 0 radical (unpaired) electrons. The molecule has 0 saturated heterocycles. The number of thiocarbonyl (C=S) groups is 1. The molecule has 9 heteroatoms. The molecule has 0 aliphatic heterocycles. The fourth-order valence-electron chi connectivity index (χ4n) is 5.13. The topological polar surface area (TPSA) is 56.8 Å². The van der Waals surface area contributed by atoms with Gasteiger partial charge in [0.05, 0.1) is 0 Å². The van der Waals surface area contributed by atoms with Crippen LogP contribution in [0.5, 0.6) is 5.75 Å². The highest BCUT2D eigenvalue weighted by atomic mass is 35.5. The standard InChI is InChI=1S/C34H33Cl2NO4SSi/c1-43(2,3)41-33(42)32(19-22-15-17-23(18-16-22)39-21-29-30(35)13-8-14-31(29)36)37-34(38)40-20-28-26-11-6-4-9-24(26)25-10-5-7-12-27(25)28/h4-18,28,32H,19-21H2,1-3H3,(H,37,38). The minimum atomic E-state index is -2.01. The molecule has 0 heterocycles. The molecule has 0 fully saturated rings. The molecule has 4 aromatic carbocycles. The van der Waals surface area contributed by atoms with Crippen molar-refractivity contribution in [2.45, 2.75) is 44.6 Å². The Balaban J connectivity index is 1.24. The summed E-state index contributed by atoms with van der Waals surface area (Å²) in [6.45, 7) is 6.64. The molecule has 4 aromatic rings. The van der Waals surface area contributed by atoms with Crippen molar-refractivity contribution >= 4 is 54.9 Å². The lowest BCUT2D eigenvalue weighted by atomic mass is 9.98. The molecule has 1 amide bonds. The summed E-state index contributed by atoms with van der Waals surface area (Å²) in [5, 5.41) is 4.43. The Morgan fingerprint density at radius 1 is 0.860 bits per heavy atom. The third-order valence-corrected chi connectivity index (χ3v) is 9.19. The Morgan fingerprint density at radius 2 is 1.44 bits per heavy atom. The summed E-state index contributed by atoms with van der Waals surface area (Å²) in [6.07, 6.45) is -0.102. The molecule has 0 bridgehead atoms. The van der Waals surface area contributed by atoms with Crippen LogP contribution in [0.1, 0.15) is 28.2 Å². The van der Waals surface area contributed by atoms with E-state index in [-0.39, 0.29) is 19.1 Å². The van der Waals surface area contributed by atoms with Gasteiger partial charge >= 0.3 is 6.09 Å². The molecular weight excluding hydrogens is 617 g/mol.